The van der Waals surface area contributed by atoms with E-state index in [-0.39, 0.29) is 11.1 Å². The molecule has 2 amide bonds. The van der Waals surface area contributed by atoms with Crippen molar-refractivity contribution in [3.05, 3.63) is 59.0 Å². The predicted molar refractivity (Wildman–Crippen MR) is 123 cm³/mol. The van der Waals surface area contributed by atoms with Crippen LogP contribution in [0.15, 0.2) is 53.4 Å². The molecule has 4 rings (SSSR count). The van der Waals surface area contributed by atoms with Gasteiger partial charge in [-0.25, -0.2) is 4.98 Å². The van der Waals surface area contributed by atoms with E-state index in [2.05, 4.69) is 30.1 Å². The molecule has 0 bridgehead atoms. The number of aromatic nitrogens is 1. The van der Waals surface area contributed by atoms with Gasteiger partial charge in [0.15, 0.2) is 5.13 Å². The summed E-state index contributed by atoms with van der Waals surface area (Å²) in [7, 11) is 0. The zero-order valence-electron chi connectivity index (χ0n) is 16.6. The maximum atomic E-state index is 11.6. The van der Waals surface area contributed by atoms with Crippen LogP contribution < -0.4 is 15.0 Å². The Morgan fingerprint density at radius 2 is 1.90 bits per heavy atom. The maximum Gasteiger partial charge on any atom is 0.290 e. The largest absolute Gasteiger partial charge is 0.492 e. The molecule has 0 radical (unpaired) electrons. The minimum absolute atomic E-state index is 0.306. The van der Waals surface area contributed by atoms with Gasteiger partial charge in [0.25, 0.3) is 11.1 Å². The highest BCUT2D eigenvalue weighted by Crippen LogP contribution is 2.30. The lowest BCUT2D eigenvalue weighted by Gasteiger charge is -2.26. The number of carbonyl (C=O) groups excluding carboxylic acids is 2. The van der Waals surface area contributed by atoms with E-state index in [4.69, 9.17) is 9.72 Å². The van der Waals surface area contributed by atoms with Crippen molar-refractivity contribution in [3.8, 4) is 5.75 Å². The van der Waals surface area contributed by atoms with Gasteiger partial charge in [-0.05, 0) is 61.5 Å². The average molecular weight is 440 g/mol. The summed E-state index contributed by atoms with van der Waals surface area (Å²) >= 11 is 2.60. The van der Waals surface area contributed by atoms with E-state index in [1.807, 2.05) is 42.5 Å². The molecule has 1 fully saturated rings. The van der Waals surface area contributed by atoms with Crippen molar-refractivity contribution in [2.75, 3.05) is 18.1 Å². The highest BCUT2D eigenvalue weighted by Gasteiger charge is 2.24. The first-order chi connectivity index (χ1) is 14.5. The van der Waals surface area contributed by atoms with Gasteiger partial charge >= 0.3 is 0 Å². The van der Waals surface area contributed by atoms with Crippen molar-refractivity contribution in [1.29, 1.82) is 0 Å². The molecule has 1 saturated heterocycles. The van der Waals surface area contributed by atoms with Gasteiger partial charge in [0.1, 0.15) is 12.4 Å². The molecule has 1 aromatic heterocycles. The number of carbonyl (C=O) groups is 2. The van der Waals surface area contributed by atoms with E-state index < -0.39 is 0 Å². The predicted octanol–water partition coefficient (Wildman–Crippen LogP) is 4.91. The van der Waals surface area contributed by atoms with Gasteiger partial charge in [0.2, 0.25) is 0 Å². The fourth-order valence-corrected chi connectivity index (χ4v) is 4.86. The number of amides is 2. The number of nitrogens with one attached hydrogen (secondary N) is 1. The Morgan fingerprint density at radius 3 is 2.57 bits per heavy atom. The van der Waals surface area contributed by atoms with Gasteiger partial charge in [0.05, 0.1) is 21.7 Å². The monoisotopic (exact) mass is 439 g/mol. The molecular formula is C22H21N3O3S2. The third kappa shape index (κ3) is 4.66. The Hall–Kier alpha value is -2.84. The lowest BCUT2D eigenvalue weighted by Crippen LogP contribution is -2.34. The number of hydrogen-bond donors (Lipinski definition) is 1. The van der Waals surface area contributed by atoms with Crippen molar-refractivity contribution in [2.24, 2.45) is 0 Å². The highest BCUT2D eigenvalue weighted by atomic mass is 32.2. The van der Waals surface area contributed by atoms with Crippen molar-refractivity contribution in [2.45, 2.75) is 19.9 Å². The lowest BCUT2D eigenvalue weighted by atomic mass is 10.2. The molecule has 1 aliphatic rings. The zero-order valence-corrected chi connectivity index (χ0v) is 18.3. The van der Waals surface area contributed by atoms with Gasteiger partial charge < -0.3 is 9.64 Å². The van der Waals surface area contributed by atoms with Gasteiger partial charge in [-0.2, -0.15) is 0 Å². The molecule has 3 aromatic rings. The highest BCUT2D eigenvalue weighted by molar-refractivity contribution is 8.18. The summed E-state index contributed by atoms with van der Waals surface area (Å²) in [5.41, 5.74) is 1.86. The number of rotatable bonds is 7. The summed E-state index contributed by atoms with van der Waals surface area (Å²) in [6.45, 7) is 5.55. The minimum atomic E-state index is -0.353. The van der Waals surface area contributed by atoms with E-state index in [9.17, 15) is 9.59 Å². The fourth-order valence-electron chi connectivity index (χ4n) is 3.05. The van der Waals surface area contributed by atoms with E-state index in [1.54, 1.807) is 17.4 Å². The molecule has 0 aliphatic carbocycles. The zero-order chi connectivity index (χ0) is 21.1. The SMILES string of the molecule is CC(C)N(CCOc1ccc(/C=C2/SC(=O)NC2=O)cc1)c1nc2ccccc2s1. The average Bonchev–Trinajstić information content (AvgIpc) is 3.28. The van der Waals surface area contributed by atoms with E-state index in [1.165, 1.54) is 4.70 Å². The molecule has 0 saturated carbocycles. The van der Waals surface area contributed by atoms with Crippen LogP contribution in [0, 0.1) is 0 Å². The van der Waals surface area contributed by atoms with Gasteiger partial charge in [0, 0.05) is 6.04 Å². The summed E-state index contributed by atoms with van der Waals surface area (Å²) in [6, 6.07) is 15.9. The van der Waals surface area contributed by atoms with Crippen LogP contribution in [0.2, 0.25) is 0 Å². The number of thiazole rings is 1. The van der Waals surface area contributed by atoms with E-state index in [0.717, 1.165) is 40.3 Å². The number of fused-ring (bicyclic) bond motifs is 1. The number of thioether (sulfide) groups is 1. The van der Waals surface area contributed by atoms with Crippen molar-refractivity contribution in [3.63, 3.8) is 0 Å². The first kappa shape index (κ1) is 20.4. The normalized spacial score (nSPS) is 15.2. The van der Waals surface area contributed by atoms with Gasteiger partial charge in [-0.3, -0.25) is 14.9 Å². The Morgan fingerprint density at radius 1 is 1.13 bits per heavy atom. The second kappa shape index (κ2) is 8.89. The molecule has 1 aliphatic heterocycles. The Kier molecular flexibility index (Phi) is 6.06. The first-order valence-corrected chi connectivity index (χ1v) is 11.2. The molecule has 1 N–H and O–H groups in total. The quantitative estimate of drug-likeness (QED) is 0.527. The summed E-state index contributed by atoms with van der Waals surface area (Å²) < 4.78 is 7.10. The minimum Gasteiger partial charge on any atom is -0.492 e. The summed E-state index contributed by atoms with van der Waals surface area (Å²) in [6.07, 6.45) is 1.70. The van der Waals surface area contributed by atoms with Crippen molar-refractivity contribution >= 4 is 55.7 Å². The van der Waals surface area contributed by atoms with Crippen LogP contribution in [-0.4, -0.2) is 35.3 Å². The molecule has 2 aromatic carbocycles. The van der Waals surface area contributed by atoms with E-state index in [0.29, 0.717) is 17.6 Å². The lowest BCUT2D eigenvalue weighted by molar-refractivity contribution is -0.115. The molecule has 154 valence electrons. The van der Waals surface area contributed by atoms with Gasteiger partial charge in [-0.15, -0.1) is 0 Å². The number of hydrogen-bond acceptors (Lipinski definition) is 7. The summed E-state index contributed by atoms with van der Waals surface area (Å²) in [4.78, 5) is 30.3. The second-order valence-electron chi connectivity index (χ2n) is 7.02. The number of para-hydroxylation sites is 1. The van der Waals surface area contributed by atoms with Crippen LogP contribution in [0.5, 0.6) is 5.75 Å². The molecule has 30 heavy (non-hydrogen) atoms. The summed E-state index contributed by atoms with van der Waals surface area (Å²) in [5.74, 6) is 0.402. The molecule has 8 heteroatoms. The topological polar surface area (TPSA) is 71.5 Å². The molecule has 0 spiro atoms. The van der Waals surface area contributed by atoms with Crippen LogP contribution in [0.4, 0.5) is 9.93 Å². The van der Waals surface area contributed by atoms with Crippen LogP contribution in [0.1, 0.15) is 19.4 Å². The third-order valence-corrected chi connectivity index (χ3v) is 6.46. The number of ether oxygens (including phenoxy) is 1. The molecule has 2 heterocycles. The molecule has 6 nitrogen and oxygen atoms in total. The number of benzene rings is 2. The number of anilines is 1. The Bertz CT molecular complexity index is 1070. The van der Waals surface area contributed by atoms with Crippen LogP contribution in [-0.2, 0) is 4.79 Å². The van der Waals surface area contributed by atoms with Crippen LogP contribution in [0.3, 0.4) is 0 Å². The van der Waals surface area contributed by atoms with Crippen molar-refractivity contribution < 1.29 is 14.3 Å². The van der Waals surface area contributed by atoms with E-state index >= 15 is 0 Å². The Balaban J connectivity index is 1.37. The standard InChI is InChI=1S/C22H21N3O3S2/c1-14(2)25(21-23-17-5-3-4-6-18(17)29-21)11-12-28-16-9-7-15(8-10-16)13-19-20(26)24-22(27)30-19/h3-10,13-14H,11-12H2,1-2H3,(H,24,26,27)/b19-13+. The first-order valence-electron chi connectivity index (χ1n) is 9.59. The molecule has 0 unspecified atom stereocenters. The second-order valence-corrected chi connectivity index (χ2v) is 9.04. The summed E-state index contributed by atoms with van der Waals surface area (Å²) in [5, 5.41) is 2.91. The van der Waals surface area contributed by atoms with Gasteiger partial charge in [-0.1, -0.05) is 35.6 Å². The third-order valence-electron chi connectivity index (χ3n) is 4.57. The number of nitrogens with zero attached hydrogens (tertiary/aromatic N) is 2. The smallest absolute Gasteiger partial charge is 0.290 e. The maximum absolute atomic E-state index is 11.6. The molecule has 0 atom stereocenters. The molecular weight excluding hydrogens is 418 g/mol. The number of imide groups is 1. The Labute approximate surface area is 182 Å². The van der Waals surface area contributed by atoms with Crippen LogP contribution in [0.25, 0.3) is 16.3 Å². The van der Waals surface area contributed by atoms with Crippen molar-refractivity contribution in [1.82, 2.24) is 10.3 Å². The van der Waals surface area contributed by atoms with Crippen LogP contribution >= 0.6 is 23.1 Å². The fraction of sp³-hybridized carbons (Fsp3) is 0.227.